The Labute approximate surface area is 179 Å². The molecule has 0 spiro atoms. The molecule has 2 atom stereocenters. The van der Waals surface area contributed by atoms with E-state index >= 15 is 0 Å². The third kappa shape index (κ3) is 6.23. The minimum Gasteiger partial charge on any atom is -0.356 e. The van der Waals surface area contributed by atoms with Crippen LogP contribution in [0.3, 0.4) is 0 Å². The van der Waals surface area contributed by atoms with Crippen molar-refractivity contribution in [3.8, 4) is 0 Å². The van der Waals surface area contributed by atoms with Gasteiger partial charge in [-0.25, -0.2) is 4.99 Å². The number of hydrogen-bond donors (Lipinski definition) is 1. The van der Waals surface area contributed by atoms with Crippen molar-refractivity contribution in [1.29, 1.82) is 0 Å². The van der Waals surface area contributed by atoms with Gasteiger partial charge in [0.05, 0.1) is 5.69 Å². The molecule has 2 saturated heterocycles. The number of rotatable bonds is 9. The van der Waals surface area contributed by atoms with Crippen LogP contribution in [0, 0.1) is 0 Å². The lowest BCUT2D eigenvalue weighted by Crippen LogP contribution is -2.38. The lowest BCUT2D eigenvalue weighted by Gasteiger charge is -2.20. The normalized spacial score (nSPS) is 23.9. The molecule has 0 bridgehead atoms. The van der Waals surface area contributed by atoms with Gasteiger partial charge in [0, 0.05) is 30.1 Å². The van der Waals surface area contributed by atoms with Crippen LogP contribution in [-0.2, 0) is 9.59 Å². The number of hydrogen-bond acceptors (Lipinski definition) is 7. The molecule has 2 aliphatic heterocycles. The molecule has 28 heavy (non-hydrogen) atoms. The molecule has 1 aromatic heterocycles. The van der Waals surface area contributed by atoms with E-state index in [0.29, 0.717) is 18.3 Å². The fraction of sp³-hybridized carbons (Fsp3) is 0.632. The van der Waals surface area contributed by atoms with Crippen LogP contribution in [0.1, 0.15) is 25.7 Å². The molecule has 2 fully saturated rings. The first kappa shape index (κ1) is 21.7. The summed E-state index contributed by atoms with van der Waals surface area (Å²) in [5.74, 6) is 1.13. The molecule has 0 aromatic carbocycles. The maximum absolute atomic E-state index is 13.0. The number of amidine groups is 1. The Morgan fingerprint density at radius 1 is 1.43 bits per heavy atom. The molecule has 3 rings (SSSR count). The summed E-state index contributed by atoms with van der Waals surface area (Å²) in [4.78, 5) is 33.9. The van der Waals surface area contributed by atoms with Crippen molar-refractivity contribution < 1.29 is 9.59 Å². The Balaban J connectivity index is 1.60. The zero-order valence-electron chi connectivity index (χ0n) is 16.4. The lowest BCUT2D eigenvalue weighted by atomic mass is 10.2. The average molecular weight is 441 g/mol. The van der Waals surface area contributed by atoms with Gasteiger partial charge in [-0.05, 0) is 57.1 Å². The molecule has 9 heteroatoms. The van der Waals surface area contributed by atoms with Crippen molar-refractivity contribution in [3.05, 3.63) is 16.8 Å². The Kier molecular flexibility index (Phi) is 8.25. The van der Waals surface area contributed by atoms with Crippen molar-refractivity contribution >= 4 is 57.5 Å². The molecular formula is C19H28N4O2S3. The molecule has 0 aliphatic carbocycles. The zero-order valence-corrected chi connectivity index (χ0v) is 18.9. The maximum Gasteiger partial charge on any atom is 0.242 e. The molecular weight excluding hydrogens is 412 g/mol. The molecule has 0 saturated carbocycles. The lowest BCUT2D eigenvalue weighted by molar-refractivity contribution is -0.129. The van der Waals surface area contributed by atoms with Crippen molar-refractivity contribution in [2.45, 2.75) is 36.2 Å². The third-order valence-corrected chi connectivity index (χ3v) is 7.86. The number of nitrogens with one attached hydrogen (secondary N) is 1. The molecule has 3 heterocycles. The van der Waals surface area contributed by atoms with Gasteiger partial charge in [0.15, 0.2) is 5.17 Å². The van der Waals surface area contributed by atoms with Crippen LogP contribution in [-0.4, -0.2) is 76.8 Å². The van der Waals surface area contributed by atoms with Crippen molar-refractivity contribution in [2.24, 2.45) is 4.99 Å². The fourth-order valence-electron chi connectivity index (χ4n) is 3.18. The number of carbonyl (C=O) groups is 2. The molecule has 2 unspecified atom stereocenters. The van der Waals surface area contributed by atoms with Crippen LogP contribution >= 0.6 is 34.9 Å². The Hall–Kier alpha value is -1.03. The van der Waals surface area contributed by atoms with Gasteiger partial charge in [0.1, 0.15) is 5.25 Å². The highest BCUT2D eigenvalue weighted by atomic mass is 32.2. The minimum atomic E-state index is -0.377. The fourth-order valence-corrected chi connectivity index (χ4v) is 6.17. The molecule has 1 N–H and O–H groups in total. The summed E-state index contributed by atoms with van der Waals surface area (Å²) in [7, 11) is 4.03. The van der Waals surface area contributed by atoms with Crippen molar-refractivity contribution in [3.63, 3.8) is 0 Å². The minimum absolute atomic E-state index is 0.0231. The van der Waals surface area contributed by atoms with E-state index in [-0.39, 0.29) is 23.5 Å². The molecule has 154 valence electrons. The van der Waals surface area contributed by atoms with E-state index in [0.717, 1.165) is 36.0 Å². The van der Waals surface area contributed by atoms with E-state index in [1.807, 2.05) is 47.6 Å². The summed E-state index contributed by atoms with van der Waals surface area (Å²) in [6.07, 6.45) is 3.46. The van der Waals surface area contributed by atoms with Gasteiger partial charge in [0.25, 0.3) is 0 Å². The van der Waals surface area contributed by atoms with Gasteiger partial charge in [-0.3, -0.25) is 14.5 Å². The average Bonchev–Trinajstić information content (AvgIpc) is 3.39. The van der Waals surface area contributed by atoms with Crippen LogP contribution in [0.5, 0.6) is 0 Å². The monoisotopic (exact) mass is 440 g/mol. The predicted molar refractivity (Wildman–Crippen MR) is 121 cm³/mol. The van der Waals surface area contributed by atoms with Crippen molar-refractivity contribution in [1.82, 2.24) is 15.1 Å². The molecule has 1 aromatic rings. The number of thioether (sulfide) groups is 2. The van der Waals surface area contributed by atoms with Gasteiger partial charge >= 0.3 is 0 Å². The Morgan fingerprint density at radius 3 is 2.96 bits per heavy atom. The summed E-state index contributed by atoms with van der Waals surface area (Å²) < 4.78 is 0. The SMILES string of the molecule is CN(C)CCCNC(=O)CC1SC(=Nc2ccsc2)N(CC2CCCS2)C1=O. The quantitative estimate of drug-likeness (QED) is 0.598. The van der Waals surface area contributed by atoms with E-state index in [1.54, 1.807) is 11.3 Å². The van der Waals surface area contributed by atoms with E-state index < -0.39 is 0 Å². The number of carbonyl (C=O) groups excluding carboxylic acids is 2. The van der Waals surface area contributed by atoms with Gasteiger partial charge in [-0.15, -0.1) is 0 Å². The highest BCUT2D eigenvalue weighted by Crippen LogP contribution is 2.35. The second-order valence-electron chi connectivity index (χ2n) is 7.28. The first-order chi connectivity index (χ1) is 13.5. The van der Waals surface area contributed by atoms with Crippen LogP contribution < -0.4 is 5.32 Å². The summed E-state index contributed by atoms with van der Waals surface area (Å²) in [6, 6.07) is 1.95. The number of amides is 2. The summed E-state index contributed by atoms with van der Waals surface area (Å²) >= 11 is 4.96. The second kappa shape index (κ2) is 10.7. The van der Waals surface area contributed by atoms with Gasteiger partial charge in [0.2, 0.25) is 11.8 Å². The highest BCUT2D eigenvalue weighted by Gasteiger charge is 2.40. The zero-order chi connectivity index (χ0) is 19.9. The number of nitrogens with zero attached hydrogens (tertiary/aromatic N) is 3. The van der Waals surface area contributed by atoms with Gasteiger partial charge < -0.3 is 10.2 Å². The first-order valence-corrected chi connectivity index (χ1v) is 12.5. The second-order valence-corrected chi connectivity index (χ2v) is 10.6. The number of aliphatic imine (C=N–C) groups is 1. The maximum atomic E-state index is 13.0. The van der Waals surface area contributed by atoms with Crippen LogP contribution in [0.4, 0.5) is 5.69 Å². The van der Waals surface area contributed by atoms with E-state index in [1.165, 1.54) is 18.2 Å². The largest absolute Gasteiger partial charge is 0.356 e. The Bertz CT molecular complexity index is 687. The topological polar surface area (TPSA) is 65.0 Å². The van der Waals surface area contributed by atoms with Crippen LogP contribution in [0.25, 0.3) is 0 Å². The van der Waals surface area contributed by atoms with Crippen molar-refractivity contribution in [2.75, 3.05) is 39.5 Å². The molecule has 2 aliphatic rings. The summed E-state index contributed by atoms with van der Waals surface area (Å²) in [5, 5.41) is 7.73. The van der Waals surface area contributed by atoms with Gasteiger partial charge in [-0.2, -0.15) is 23.1 Å². The molecule has 2 amide bonds. The smallest absolute Gasteiger partial charge is 0.242 e. The van der Waals surface area contributed by atoms with E-state index in [4.69, 9.17) is 4.99 Å². The van der Waals surface area contributed by atoms with E-state index in [2.05, 4.69) is 10.2 Å². The highest BCUT2D eigenvalue weighted by molar-refractivity contribution is 8.15. The summed E-state index contributed by atoms with van der Waals surface area (Å²) in [5.41, 5.74) is 0.873. The molecule has 6 nitrogen and oxygen atoms in total. The number of thiophene rings is 1. The van der Waals surface area contributed by atoms with Crippen LogP contribution in [0.15, 0.2) is 21.8 Å². The third-order valence-electron chi connectivity index (χ3n) is 4.64. The first-order valence-electron chi connectivity index (χ1n) is 9.65. The standard InChI is InChI=1S/C19H28N4O2S3/c1-22(2)8-4-7-20-17(24)11-16-18(25)23(12-15-5-3-9-27-15)19(28-16)21-14-6-10-26-13-14/h6,10,13,15-16H,3-5,7-9,11-12H2,1-2H3,(H,20,24). The summed E-state index contributed by atoms with van der Waals surface area (Å²) in [6.45, 7) is 2.27. The molecule has 0 radical (unpaired) electrons. The Morgan fingerprint density at radius 2 is 2.29 bits per heavy atom. The van der Waals surface area contributed by atoms with Crippen LogP contribution in [0.2, 0.25) is 0 Å². The van der Waals surface area contributed by atoms with E-state index in [9.17, 15) is 9.59 Å². The predicted octanol–water partition coefficient (Wildman–Crippen LogP) is 3.03. The van der Waals surface area contributed by atoms with Gasteiger partial charge in [-0.1, -0.05) is 11.8 Å².